The molecule has 0 bridgehead atoms. The van der Waals surface area contributed by atoms with E-state index in [2.05, 4.69) is 15.9 Å². The van der Waals surface area contributed by atoms with Crippen LogP contribution in [0.3, 0.4) is 0 Å². The van der Waals surface area contributed by atoms with Crippen LogP contribution in [0.1, 0.15) is 19.6 Å². The molecular weight excluding hydrogens is 232 g/mol. The maximum atomic E-state index is 10.6. The lowest BCUT2D eigenvalue weighted by Crippen LogP contribution is -1.94. The van der Waals surface area contributed by atoms with Gasteiger partial charge in [-0.15, -0.1) is 0 Å². The first-order chi connectivity index (χ1) is 6.13. The van der Waals surface area contributed by atoms with Gasteiger partial charge in [-0.3, -0.25) is 4.79 Å². The van der Waals surface area contributed by atoms with Crippen molar-refractivity contribution in [2.45, 2.75) is 13.8 Å². The summed E-state index contributed by atoms with van der Waals surface area (Å²) in [7, 11) is 0. The van der Waals surface area contributed by atoms with Crippen molar-refractivity contribution in [2.75, 3.05) is 0 Å². The Hall–Kier alpha value is -0.830. The monoisotopic (exact) mass is 242 g/mol. The van der Waals surface area contributed by atoms with Crippen molar-refractivity contribution in [3.63, 3.8) is 0 Å². The number of carbonyl (C=O) groups is 1. The smallest absolute Gasteiger partial charge is 0.169 e. The molecule has 3 heteroatoms. The second-order valence-corrected chi connectivity index (χ2v) is 3.84. The van der Waals surface area contributed by atoms with Crippen LogP contribution in [0, 0.1) is 5.92 Å². The van der Waals surface area contributed by atoms with Crippen molar-refractivity contribution in [1.82, 2.24) is 0 Å². The summed E-state index contributed by atoms with van der Waals surface area (Å²) in [5.41, 5.74) is 0.738. The predicted molar refractivity (Wildman–Crippen MR) is 55.3 cm³/mol. The Morgan fingerprint density at radius 3 is 2.62 bits per heavy atom. The van der Waals surface area contributed by atoms with E-state index in [1.54, 1.807) is 12.1 Å². The summed E-state index contributed by atoms with van der Waals surface area (Å²) >= 11 is 3.20. The molecule has 70 valence electrons. The molecule has 2 nitrogen and oxygen atoms in total. The third-order valence-corrected chi connectivity index (χ3v) is 2.13. The molecule has 0 aliphatic rings. The minimum atomic E-state index is 0.223. The number of furan rings is 1. The zero-order valence-corrected chi connectivity index (χ0v) is 9.17. The van der Waals surface area contributed by atoms with E-state index in [1.807, 2.05) is 19.9 Å². The van der Waals surface area contributed by atoms with Crippen molar-refractivity contribution in [3.8, 4) is 0 Å². The van der Waals surface area contributed by atoms with Gasteiger partial charge < -0.3 is 4.42 Å². The SMILES string of the molecule is CC(C)C(C=O)=Cc1ccc(Br)o1. The first-order valence-electron chi connectivity index (χ1n) is 4.05. The topological polar surface area (TPSA) is 30.2 Å². The Morgan fingerprint density at radius 2 is 2.23 bits per heavy atom. The van der Waals surface area contributed by atoms with Crippen LogP contribution in [0.15, 0.2) is 26.8 Å². The molecule has 0 radical (unpaired) electrons. The maximum Gasteiger partial charge on any atom is 0.169 e. The molecule has 0 aromatic carbocycles. The Bertz CT molecular complexity index is 323. The van der Waals surface area contributed by atoms with Gasteiger partial charge in [-0.1, -0.05) is 13.8 Å². The van der Waals surface area contributed by atoms with Crippen LogP contribution in [0.2, 0.25) is 0 Å². The van der Waals surface area contributed by atoms with Gasteiger partial charge >= 0.3 is 0 Å². The van der Waals surface area contributed by atoms with Gasteiger partial charge in [0.05, 0.1) is 0 Å². The molecule has 0 aliphatic heterocycles. The third kappa shape index (κ3) is 2.84. The Kier molecular flexibility index (Phi) is 3.48. The van der Waals surface area contributed by atoms with Crippen LogP contribution in [0.4, 0.5) is 0 Å². The van der Waals surface area contributed by atoms with E-state index in [4.69, 9.17) is 4.42 Å². The molecule has 0 spiro atoms. The molecule has 0 unspecified atom stereocenters. The number of allylic oxidation sites excluding steroid dienone is 1. The molecule has 1 rings (SSSR count). The van der Waals surface area contributed by atoms with Crippen LogP contribution in [-0.2, 0) is 4.79 Å². The second kappa shape index (κ2) is 4.42. The highest BCUT2D eigenvalue weighted by atomic mass is 79.9. The lowest BCUT2D eigenvalue weighted by molar-refractivity contribution is -0.105. The zero-order valence-electron chi connectivity index (χ0n) is 7.58. The van der Waals surface area contributed by atoms with Gasteiger partial charge in [-0.2, -0.15) is 0 Å². The number of halogens is 1. The van der Waals surface area contributed by atoms with Crippen LogP contribution in [0.25, 0.3) is 6.08 Å². The minimum absolute atomic E-state index is 0.223. The van der Waals surface area contributed by atoms with Crippen molar-refractivity contribution >= 4 is 28.3 Å². The van der Waals surface area contributed by atoms with Crippen molar-refractivity contribution in [1.29, 1.82) is 0 Å². The van der Waals surface area contributed by atoms with Gasteiger partial charge in [0.1, 0.15) is 12.0 Å². The standard InChI is InChI=1S/C10H11BrO2/c1-7(2)8(6-12)5-9-3-4-10(11)13-9/h3-7H,1-2H3. The molecule has 0 atom stereocenters. The van der Waals surface area contributed by atoms with Gasteiger partial charge in [-0.25, -0.2) is 0 Å². The quantitative estimate of drug-likeness (QED) is 0.602. The Balaban J connectivity index is 2.91. The van der Waals surface area contributed by atoms with Crippen molar-refractivity contribution < 1.29 is 9.21 Å². The molecule has 0 fully saturated rings. The van der Waals surface area contributed by atoms with Crippen LogP contribution < -0.4 is 0 Å². The summed E-state index contributed by atoms with van der Waals surface area (Å²) in [5, 5.41) is 0. The van der Waals surface area contributed by atoms with E-state index in [1.165, 1.54) is 0 Å². The number of aldehydes is 1. The molecule has 1 aromatic rings. The maximum absolute atomic E-state index is 10.6. The molecule has 0 amide bonds. The number of hydrogen-bond acceptors (Lipinski definition) is 2. The fourth-order valence-corrected chi connectivity index (χ4v) is 1.23. The fraction of sp³-hybridized carbons (Fsp3) is 0.300. The fourth-order valence-electron chi connectivity index (χ4n) is 0.907. The number of rotatable bonds is 3. The predicted octanol–water partition coefficient (Wildman–Crippen LogP) is 3.28. The molecule has 0 N–H and O–H groups in total. The number of hydrogen-bond donors (Lipinski definition) is 0. The molecule has 0 aliphatic carbocycles. The highest BCUT2D eigenvalue weighted by molar-refractivity contribution is 9.10. The molecule has 0 saturated heterocycles. The van der Waals surface area contributed by atoms with Gasteiger partial charge in [0.15, 0.2) is 4.67 Å². The average molecular weight is 243 g/mol. The zero-order chi connectivity index (χ0) is 9.84. The first-order valence-corrected chi connectivity index (χ1v) is 4.85. The second-order valence-electron chi connectivity index (χ2n) is 3.06. The number of carbonyl (C=O) groups excluding carboxylic acids is 1. The Morgan fingerprint density at radius 1 is 1.54 bits per heavy atom. The normalized spacial score (nSPS) is 12.2. The molecule has 13 heavy (non-hydrogen) atoms. The van der Waals surface area contributed by atoms with Gasteiger partial charge in [0.2, 0.25) is 0 Å². The van der Waals surface area contributed by atoms with E-state index in [0.717, 1.165) is 11.9 Å². The minimum Gasteiger partial charge on any atom is -0.450 e. The van der Waals surface area contributed by atoms with E-state index in [-0.39, 0.29) is 5.92 Å². The van der Waals surface area contributed by atoms with E-state index in [9.17, 15) is 4.79 Å². The molecular formula is C10H11BrO2. The van der Waals surface area contributed by atoms with Crippen LogP contribution >= 0.6 is 15.9 Å². The Labute approximate surface area is 85.8 Å². The summed E-state index contributed by atoms with van der Waals surface area (Å²) in [4.78, 5) is 10.6. The molecule has 1 aromatic heterocycles. The lowest BCUT2D eigenvalue weighted by atomic mass is 10.0. The molecule has 1 heterocycles. The van der Waals surface area contributed by atoms with Crippen molar-refractivity contribution in [3.05, 3.63) is 28.1 Å². The third-order valence-electron chi connectivity index (χ3n) is 1.71. The van der Waals surface area contributed by atoms with Gasteiger partial charge in [-0.05, 0) is 45.6 Å². The van der Waals surface area contributed by atoms with Crippen LogP contribution in [0.5, 0.6) is 0 Å². The van der Waals surface area contributed by atoms with Crippen molar-refractivity contribution in [2.24, 2.45) is 5.92 Å². The molecule has 0 saturated carbocycles. The largest absolute Gasteiger partial charge is 0.450 e. The van der Waals surface area contributed by atoms with Gasteiger partial charge in [0.25, 0.3) is 0 Å². The first kappa shape index (κ1) is 10.3. The van der Waals surface area contributed by atoms with Crippen LogP contribution in [-0.4, -0.2) is 6.29 Å². The summed E-state index contributed by atoms with van der Waals surface area (Å²) in [5.74, 6) is 0.920. The van der Waals surface area contributed by atoms with E-state index >= 15 is 0 Å². The highest BCUT2D eigenvalue weighted by Crippen LogP contribution is 2.18. The summed E-state index contributed by atoms with van der Waals surface area (Å²) < 4.78 is 5.92. The summed E-state index contributed by atoms with van der Waals surface area (Å²) in [6, 6.07) is 3.62. The van der Waals surface area contributed by atoms with Gasteiger partial charge in [0, 0.05) is 0 Å². The summed E-state index contributed by atoms with van der Waals surface area (Å²) in [6.45, 7) is 3.94. The highest BCUT2D eigenvalue weighted by Gasteiger charge is 2.03. The average Bonchev–Trinajstić information content (AvgIpc) is 2.46. The van der Waals surface area contributed by atoms with E-state index in [0.29, 0.717) is 10.4 Å². The lowest BCUT2D eigenvalue weighted by Gasteiger charge is -2.01. The van der Waals surface area contributed by atoms with E-state index < -0.39 is 0 Å². The summed E-state index contributed by atoms with van der Waals surface area (Å²) in [6.07, 6.45) is 2.61.